The van der Waals surface area contributed by atoms with E-state index in [1.54, 1.807) is 18.2 Å². The molecule has 0 saturated carbocycles. The molecule has 1 fully saturated rings. The minimum absolute atomic E-state index is 0.0587. The van der Waals surface area contributed by atoms with E-state index in [1.165, 1.54) is 12.0 Å². The van der Waals surface area contributed by atoms with Gasteiger partial charge in [-0.2, -0.15) is 0 Å². The van der Waals surface area contributed by atoms with E-state index in [0.717, 1.165) is 5.56 Å². The molecule has 0 spiro atoms. The normalized spacial score (nSPS) is 17.7. The van der Waals surface area contributed by atoms with Crippen LogP contribution in [0.1, 0.15) is 60.7 Å². The van der Waals surface area contributed by atoms with Crippen LogP contribution in [-0.2, 0) is 32.9 Å². The highest BCUT2D eigenvalue weighted by Crippen LogP contribution is 2.35. The predicted molar refractivity (Wildman–Crippen MR) is 128 cm³/mol. The van der Waals surface area contributed by atoms with Gasteiger partial charge in [-0.05, 0) is 47.2 Å². The fraction of sp³-hybridized carbons (Fsp3) is 0.385. The van der Waals surface area contributed by atoms with E-state index < -0.39 is 18.0 Å². The van der Waals surface area contributed by atoms with Crippen LogP contribution < -0.4 is 15.4 Å². The summed E-state index contributed by atoms with van der Waals surface area (Å²) in [6.07, 6.45) is -0.160. The van der Waals surface area contributed by atoms with Crippen molar-refractivity contribution < 1.29 is 28.7 Å². The molecule has 9 nitrogen and oxygen atoms in total. The van der Waals surface area contributed by atoms with Crippen LogP contribution in [-0.4, -0.2) is 41.9 Å². The molecule has 2 aliphatic rings. The number of hydrogen-bond donors (Lipinski definition) is 2. The van der Waals surface area contributed by atoms with Crippen LogP contribution in [0.3, 0.4) is 0 Å². The van der Waals surface area contributed by atoms with E-state index >= 15 is 0 Å². The molecule has 2 aromatic rings. The van der Waals surface area contributed by atoms with Crippen molar-refractivity contribution in [2.75, 3.05) is 12.4 Å². The number of imide groups is 1. The molecule has 1 atom stereocenters. The third-order valence-electron chi connectivity index (χ3n) is 6.24. The molecule has 2 aromatic carbocycles. The van der Waals surface area contributed by atoms with Gasteiger partial charge in [0.2, 0.25) is 11.8 Å². The highest BCUT2D eigenvalue weighted by Gasteiger charge is 2.40. The fourth-order valence-corrected chi connectivity index (χ4v) is 4.32. The molecule has 0 aromatic heterocycles. The second kappa shape index (κ2) is 9.40. The van der Waals surface area contributed by atoms with Crippen LogP contribution >= 0.6 is 0 Å². The van der Waals surface area contributed by atoms with Crippen molar-refractivity contribution in [1.29, 1.82) is 0 Å². The quantitative estimate of drug-likeness (QED) is 0.635. The summed E-state index contributed by atoms with van der Waals surface area (Å²) in [5, 5.41) is 5.02. The van der Waals surface area contributed by atoms with Crippen LogP contribution in [0.15, 0.2) is 36.4 Å². The zero-order valence-electron chi connectivity index (χ0n) is 20.3. The molecule has 4 rings (SSSR count). The first-order chi connectivity index (χ1) is 16.6. The Morgan fingerprint density at radius 2 is 1.94 bits per heavy atom. The summed E-state index contributed by atoms with van der Waals surface area (Å²) in [6, 6.07) is 10.2. The third kappa shape index (κ3) is 5.13. The number of carbonyl (C=O) groups is 4. The Balaban J connectivity index is 1.45. The second-order valence-electron chi connectivity index (χ2n) is 9.76. The molecule has 0 aliphatic carbocycles. The Kier molecular flexibility index (Phi) is 6.51. The summed E-state index contributed by atoms with van der Waals surface area (Å²) in [5.41, 5.74) is 3.29. The number of piperidine rings is 1. The highest BCUT2D eigenvalue weighted by atomic mass is 16.5. The second-order valence-corrected chi connectivity index (χ2v) is 9.76. The molecule has 0 radical (unpaired) electrons. The van der Waals surface area contributed by atoms with Crippen LogP contribution in [0, 0.1) is 0 Å². The zero-order valence-corrected chi connectivity index (χ0v) is 20.3. The summed E-state index contributed by atoms with van der Waals surface area (Å²) in [6.45, 7) is 6.41. The lowest BCUT2D eigenvalue weighted by Crippen LogP contribution is -2.52. The molecule has 1 unspecified atom stereocenters. The fourth-order valence-electron chi connectivity index (χ4n) is 4.32. The van der Waals surface area contributed by atoms with Crippen molar-refractivity contribution in [2.45, 2.75) is 58.2 Å². The molecular weight excluding hydrogens is 450 g/mol. The van der Waals surface area contributed by atoms with Crippen molar-refractivity contribution in [3.63, 3.8) is 0 Å². The van der Waals surface area contributed by atoms with E-state index in [4.69, 9.17) is 9.47 Å². The number of amides is 4. The number of nitrogens with zero attached hydrogens (tertiary/aromatic N) is 1. The number of rotatable bonds is 5. The van der Waals surface area contributed by atoms with Gasteiger partial charge >= 0.3 is 6.09 Å². The Labute approximate surface area is 203 Å². The lowest BCUT2D eigenvalue weighted by atomic mass is 9.87. The Morgan fingerprint density at radius 1 is 1.17 bits per heavy atom. The van der Waals surface area contributed by atoms with E-state index in [-0.39, 0.29) is 43.2 Å². The number of carbonyl (C=O) groups excluding carboxylic acids is 4. The average molecular weight is 480 g/mol. The van der Waals surface area contributed by atoms with Gasteiger partial charge in [-0.3, -0.25) is 25.0 Å². The summed E-state index contributed by atoms with van der Waals surface area (Å²) in [7, 11) is 1.49. The van der Waals surface area contributed by atoms with E-state index in [1.807, 2.05) is 18.2 Å². The van der Waals surface area contributed by atoms with Crippen LogP contribution in [0.5, 0.6) is 5.75 Å². The topological polar surface area (TPSA) is 114 Å². The van der Waals surface area contributed by atoms with Crippen molar-refractivity contribution in [2.24, 2.45) is 0 Å². The first-order valence-electron chi connectivity index (χ1n) is 11.5. The molecule has 184 valence electrons. The van der Waals surface area contributed by atoms with Gasteiger partial charge in [-0.25, -0.2) is 4.79 Å². The number of anilines is 1. The summed E-state index contributed by atoms with van der Waals surface area (Å²) >= 11 is 0. The van der Waals surface area contributed by atoms with E-state index in [2.05, 4.69) is 31.4 Å². The van der Waals surface area contributed by atoms with Gasteiger partial charge in [0.25, 0.3) is 5.91 Å². The largest absolute Gasteiger partial charge is 0.496 e. The molecule has 2 N–H and O–H groups in total. The van der Waals surface area contributed by atoms with Gasteiger partial charge in [0, 0.05) is 23.2 Å². The highest BCUT2D eigenvalue weighted by molar-refractivity contribution is 6.05. The molecule has 1 saturated heterocycles. The molecule has 0 bridgehead atoms. The average Bonchev–Trinajstić information content (AvgIpc) is 3.13. The third-order valence-corrected chi connectivity index (χ3v) is 6.24. The maximum atomic E-state index is 13.1. The van der Waals surface area contributed by atoms with E-state index in [9.17, 15) is 19.2 Å². The lowest BCUT2D eigenvalue weighted by molar-refractivity contribution is -0.136. The first-order valence-corrected chi connectivity index (χ1v) is 11.5. The van der Waals surface area contributed by atoms with E-state index in [0.29, 0.717) is 28.1 Å². The number of methoxy groups -OCH3 is 1. The van der Waals surface area contributed by atoms with Crippen molar-refractivity contribution >= 4 is 29.5 Å². The minimum atomic E-state index is -0.716. The number of fused-ring (bicyclic) bond motifs is 1. The molecule has 2 heterocycles. The maximum Gasteiger partial charge on any atom is 0.411 e. The lowest BCUT2D eigenvalue weighted by Gasteiger charge is -2.29. The number of hydrogen-bond acceptors (Lipinski definition) is 6. The van der Waals surface area contributed by atoms with Crippen LogP contribution in [0.4, 0.5) is 10.5 Å². The molecular formula is C26H29N3O6. The Hall–Kier alpha value is -3.88. The molecule has 2 aliphatic heterocycles. The smallest absolute Gasteiger partial charge is 0.411 e. The van der Waals surface area contributed by atoms with Crippen molar-refractivity contribution in [3.8, 4) is 5.75 Å². The van der Waals surface area contributed by atoms with Crippen LogP contribution in [0.2, 0.25) is 0 Å². The van der Waals surface area contributed by atoms with Gasteiger partial charge in [0.1, 0.15) is 18.4 Å². The monoisotopic (exact) mass is 479 g/mol. The standard InChI is InChI=1S/C26H29N3O6/c1-26(2,3)16-6-5-7-17(12-16)27-25(33)35-14-15-10-18-19(21(11-15)34-4)13-29(24(18)32)20-8-9-22(30)28-23(20)31/h5-7,10-12,20H,8-9,13-14H2,1-4H3,(H,27,33)(H,28,30,31). The number of nitrogens with one attached hydrogen (secondary N) is 2. The number of benzene rings is 2. The minimum Gasteiger partial charge on any atom is -0.496 e. The van der Waals surface area contributed by atoms with Gasteiger partial charge in [0.15, 0.2) is 0 Å². The van der Waals surface area contributed by atoms with Gasteiger partial charge in [0.05, 0.1) is 13.7 Å². The maximum absolute atomic E-state index is 13.1. The first kappa shape index (κ1) is 24.3. The van der Waals surface area contributed by atoms with Gasteiger partial charge in [-0.15, -0.1) is 0 Å². The summed E-state index contributed by atoms with van der Waals surface area (Å²) in [4.78, 5) is 50.8. The summed E-state index contributed by atoms with van der Waals surface area (Å²) < 4.78 is 10.9. The Bertz CT molecular complexity index is 1200. The predicted octanol–water partition coefficient (Wildman–Crippen LogP) is 3.50. The Morgan fingerprint density at radius 3 is 2.63 bits per heavy atom. The van der Waals surface area contributed by atoms with Gasteiger partial charge < -0.3 is 14.4 Å². The molecule has 35 heavy (non-hydrogen) atoms. The summed E-state index contributed by atoms with van der Waals surface area (Å²) in [5.74, 6) is -0.659. The molecule has 9 heteroatoms. The van der Waals surface area contributed by atoms with Crippen molar-refractivity contribution in [3.05, 3.63) is 58.7 Å². The van der Waals surface area contributed by atoms with Crippen molar-refractivity contribution in [1.82, 2.24) is 10.2 Å². The van der Waals surface area contributed by atoms with Crippen LogP contribution in [0.25, 0.3) is 0 Å². The zero-order chi connectivity index (χ0) is 25.3. The SMILES string of the molecule is COc1cc(COC(=O)Nc2cccc(C(C)(C)C)c2)cc2c1CN(C1CCC(=O)NC1=O)C2=O. The molecule has 4 amide bonds. The number of ether oxygens (including phenoxy) is 2. The van der Waals surface area contributed by atoms with Gasteiger partial charge in [-0.1, -0.05) is 32.9 Å².